The van der Waals surface area contributed by atoms with Gasteiger partial charge in [0.15, 0.2) is 6.10 Å². The summed E-state index contributed by atoms with van der Waals surface area (Å²) in [6, 6.07) is 8.16. The van der Waals surface area contributed by atoms with Crippen molar-refractivity contribution in [1.82, 2.24) is 4.98 Å². The maximum atomic E-state index is 10.3. The Morgan fingerprint density at radius 1 is 1.32 bits per heavy atom. The largest absolute Gasteiger partial charge is 0.508 e. The highest BCUT2D eigenvalue weighted by atomic mass is 16.5. The maximum absolute atomic E-state index is 10.3. The highest BCUT2D eigenvalue weighted by Crippen LogP contribution is 2.35. The standard InChI is InChI=1S/C14H13NO4/c16-9-3-4-12-11(6-9)14(17)13(8-18-12)19-10-2-1-5-15-7-10/h1-7,13-14,16-17H,8H2/t13-,14-/m0/s1. The summed E-state index contributed by atoms with van der Waals surface area (Å²) in [6.07, 6.45) is 1.84. The number of ether oxygens (including phenoxy) is 2. The number of aromatic hydroxyl groups is 1. The molecule has 0 fully saturated rings. The molecule has 1 aromatic heterocycles. The number of rotatable bonds is 2. The molecule has 0 amide bonds. The van der Waals surface area contributed by atoms with Gasteiger partial charge in [0.1, 0.15) is 30.0 Å². The molecule has 19 heavy (non-hydrogen) atoms. The number of aliphatic hydroxyl groups is 1. The monoisotopic (exact) mass is 259 g/mol. The minimum Gasteiger partial charge on any atom is -0.508 e. The minimum absolute atomic E-state index is 0.0865. The van der Waals surface area contributed by atoms with Crippen molar-refractivity contribution in [3.05, 3.63) is 48.3 Å². The lowest BCUT2D eigenvalue weighted by molar-refractivity contribution is -0.0105. The van der Waals surface area contributed by atoms with E-state index in [4.69, 9.17) is 9.47 Å². The first-order chi connectivity index (χ1) is 9.24. The van der Waals surface area contributed by atoms with Crippen molar-refractivity contribution < 1.29 is 19.7 Å². The first kappa shape index (κ1) is 11.8. The molecule has 2 heterocycles. The lowest BCUT2D eigenvalue weighted by atomic mass is 10.0. The molecule has 0 unspecified atom stereocenters. The topological polar surface area (TPSA) is 71.8 Å². The average Bonchev–Trinajstić information content (AvgIpc) is 2.44. The number of fused-ring (bicyclic) bond motifs is 1. The molecule has 2 N–H and O–H groups in total. The van der Waals surface area contributed by atoms with Crippen LogP contribution >= 0.6 is 0 Å². The van der Waals surface area contributed by atoms with Crippen LogP contribution in [0, 0.1) is 0 Å². The number of pyridine rings is 1. The SMILES string of the molecule is Oc1ccc2c(c1)[C@H](O)[C@@H](Oc1cccnc1)CO2. The molecule has 0 saturated heterocycles. The molecule has 5 nitrogen and oxygen atoms in total. The van der Waals surface area contributed by atoms with Crippen LogP contribution in [0.15, 0.2) is 42.7 Å². The number of nitrogens with zero attached hydrogens (tertiary/aromatic N) is 1. The van der Waals surface area contributed by atoms with Crippen LogP contribution in [0.4, 0.5) is 0 Å². The van der Waals surface area contributed by atoms with Crippen LogP contribution in [0.1, 0.15) is 11.7 Å². The Morgan fingerprint density at radius 2 is 2.21 bits per heavy atom. The number of phenols is 1. The van der Waals surface area contributed by atoms with E-state index >= 15 is 0 Å². The summed E-state index contributed by atoms with van der Waals surface area (Å²) >= 11 is 0. The fraction of sp³-hybridized carbons (Fsp3) is 0.214. The van der Waals surface area contributed by atoms with E-state index in [9.17, 15) is 10.2 Å². The van der Waals surface area contributed by atoms with Gasteiger partial charge in [-0.1, -0.05) is 0 Å². The number of phenolic OH excluding ortho intramolecular Hbond substituents is 1. The molecule has 2 aromatic rings. The molecule has 1 aliphatic rings. The lowest BCUT2D eigenvalue weighted by Gasteiger charge is -2.30. The van der Waals surface area contributed by atoms with Crippen molar-refractivity contribution in [3.63, 3.8) is 0 Å². The lowest BCUT2D eigenvalue weighted by Crippen LogP contribution is -2.35. The Bertz CT molecular complexity index is 573. The molecule has 3 rings (SSSR count). The average molecular weight is 259 g/mol. The number of aliphatic hydroxyl groups excluding tert-OH is 1. The van der Waals surface area contributed by atoms with Gasteiger partial charge in [-0.3, -0.25) is 4.98 Å². The quantitative estimate of drug-likeness (QED) is 0.858. The molecule has 1 aliphatic heterocycles. The van der Waals surface area contributed by atoms with Crippen molar-refractivity contribution >= 4 is 0 Å². The number of hydrogen-bond donors (Lipinski definition) is 2. The molecule has 0 bridgehead atoms. The fourth-order valence-electron chi connectivity index (χ4n) is 2.05. The summed E-state index contributed by atoms with van der Waals surface area (Å²) in [5.74, 6) is 1.22. The summed E-state index contributed by atoms with van der Waals surface area (Å²) in [5, 5.41) is 19.7. The first-order valence-corrected chi connectivity index (χ1v) is 5.94. The van der Waals surface area contributed by atoms with E-state index in [-0.39, 0.29) is 12.4 Å². The van der Waals surface area contributed by atoms with Gasteiger partial charge in [-0.05, 0) is 30.3 Å². The first-order valence-electron chi connectivity index (χ1n) is 5.94. The molecule has 0 saturated carbocycles. The van der Waals surface area contributed by atoms with Gasteiger partial charge in [-0.15, -0.1) is 0 Å². The summed E-state index contributed by atoms with van der Waals surface area (Å²) in [7, 11) is 0. The summed E-state index contributed by atoms with van der Waals surface area (Å²) in [5.41, 5.74) is 0.528. The van der Waals surface area contributed by atoms with Gasteiger partial charge >= 0.3 is 0 Å². The summed E-state index contributed by atoms with van der Waals surface area (Å²) in [4.78, 5) is 3.95. The molecule has 0 spiro atoms. The Kier molecular flexibility index (Phi) is 2.97. The van der Waals surface area contributed by atoms with Gasteiger partial charge in [0.25, 0.3) is 0 Å². The van der Waals surface area contributed by atoms with Gasteiger partial charge in [0.05, 0.1) is 6.20 Å². The van der Waals surface area contributed by atoms with E-state index < -0.39 is 12.2 Å². The van der Waals surface area contributed by atoms with Crippen molar-refractivity contribution in [2.75, 3.05) is 6.61 Å². The zero-order chi connectivity index (χ0) is 13.2. The van der Waals surface area contributed by atoms with Crippen LogP contribution in [0.5, 0.6) is 17.2 Å². The van der Waals surface area contributed by atoms with Crippen molar-refractivity contribution in [2.24, 2.45) is 0 Å². The molecule has 5 heteroatoms. The third-order valence-corrected chi connectivity index (χ3v) is 2.99. The highest BCUT2D eigenvalue weighted by Gasteiger charge is 2.31. The third kappa shape index (κ3) is 2.32. The van der Waals surface area contributed by atoms with Gasteiger partial charge in [-0.25, -0.2) is 0 Å². The van der Waals surface area contributed by atoms with Crippen LogP contribution < -0.4 is 9.47 Å². The Morgan fingerprint density at radius 3 is 3.00 bits per heavy atom. The second kappa shape index (κ2) is 4.78. The van der Waals surface area contributed by atoms with E-state index in [2.05, 4.69) is 4.98 Å². The van der Waals surface area contributed by atoms with Crippen LogP contribution in [0.2, 0.25) is 0 Å². The van der Waals surface area contributed by atoms with E-state index in [1.807, 2.05) is 0 Å². The van der Waals surface area contributed by atoms with E-state index in [1.54, 1.807) is 30.6 Å². The van der Waals surface area contributed by atoms with Gasteiger partial charge in [0, 0.05) is 11.8 Å². The number of aromatic nitrogens is 1. The predicted octanol–water partition coefficient (Wildman–Crippen LogP) is 1.66. The van der Waals surface area contributed by atoms with E-state index in [0.717, 1.165) is 0 Å². The van der Waals surface area contributed by atoms with Crippen LogP contribution in [-0.4, -0.2) is 27.9 Å². The summed E-state index contributed by atoms with van der Waals surface area (Å²) in [6.45, 7) is 0.244. The van der Waals surface area contributed by atoms with Crippen molar-refractivity contribution in [2.45, 2.75) is 12.2 Å². The van der Waals surface area contributed by atoms with Crippen LogP contribution in [0.3, 0.4) is 0 Å². The molecule has 0 aliphatic carbocycles. The van der Waals surface area contributed by atoms with Crippen LogP contribution in [0.25, 0.3) is 0 Å². The fourth-order valence-corrected chi connectivity index (χ4v) is 2.05. The highest BCUT2D eigenvalue weighted by molar-refractivity contribution is 5.43. The molecule has 2 atom stereocenters. The van der Waals surface area contributed by atoms with E-state index in [1.165, 1.54) is 12.1 Å². The third-order valence-electron chi connectivity index (χ3n) is 2.99. The van der Waals surface area contributed by atoms with Crippen LogP contribution in [-0.2, 0) is 0 Å². The van der Waals surface area contributed by atoms with Crippen molar-refractivity contribution in [3.8, 4) is 17.2 Å². The van der Waals surface area contributed by atoms with E-state index in [0.29, 0.717) is 17.1 Å². The predicted molar refractivity (Wildman–Crippen MR) is 67.2 cm³/mol. The Labute approximate surface area is 110 Å². The second-order valence-corrected chi connectivity index (χ2v) is 4.32. The smallest absolute Gasteiger partial charge is 0.163 e. The molecule has 1 aromatic carbocycles. The zero-order valence-electron chi connectivity index (χ0n) is 10.1. The molecule has 98 valence electrons. The normalized spacial score (nSPS) is 21.3. The summed E-state index contributed by atoms with van der Waals surface area (Å²) < 4.78 is 11.2. The molecular formula is C14H13NO4. The Balaban J connectivity index is 1.83. The maximum Gasteiger partial charge on any atom is 0.163 e. The number of benzene rings is 1. The number of hydrogen-bond acceptors (Lipinski definition) is 5. The minimum atomic E-state index is -0.851. The molecule has 0 radical (unpaired) electrons. The second-order valence-electron chi connectivity index (χ2n) is 4.32. The zero-order valence-corrected chi connectivity index (χ0v) is 10.1. The van der Waals surface area contributed by atoms with Gasteiger partial charge in [-0.2, -0.15) is 0 Å². The molecular weight excluding hydrogens is 246 g/mol. The van der Waals surface area contributed by atoms with Gasteiger partial charge < -0.3 is 19.7 Å². The van der Waals surface area contributed by atoms with Gasteiger partial charge in [0.2, 0.25) is 0 Å². The van der Waals surface area contributed by atoms with Crippen molar-refractivity contribution in [1.29, 1.82) is 0 Å². The Hall–Kier alpha value is -2.27.